The van der Waals surface area contributed by atoms with Crippen LogP contribution in [0.2, 0.25) is 0 Å². The maximum atomic E-state index is 11.5. The Morgan fingerprint density at radius 1 is 1.00 bits per heavy atom. The topological polar surface area (TPSA) is 43.1 Å². The first-order valence-electron chi connectivity index (χ1n) is 6.24. The summed E-state index contributed by atoms with van der Waals surface area (Å²) in [6.07, 6.45) is 2.14. The zero-order valence-corrected chi connectivity index (χ0v) is 10.1. The highest BCUT2D eigenvalue weighted by atomic mass is 16.1. The van der Waals surface area contributed by atoms with Crippen LogP contribution < -0.4 is 5.73 Å². The molecule has 0 saturated carbocycles. The fourth-order valence-corrected chi connectivity index (χ4v) is 2.91. The van der Waals surface area contributed by atoms with Crippen LogP contribution in [0.3, 0.4) is 0 Å². The predicted molar refractivity (Wildman–Crippen MR) is 71.6 cm³/mol. The van der Waals surface area contributed by atoms with Crippen LogP contribution in [0.5, 0.6) is 0 Å². The second-order valence-corrected chi connectivity index (χ2v) is 4.74. The molecule has 0 unspecified atom stereocenters. The van der Waals surface area contributed by atoms with Crippen LogP contribution in [0.25, 0.3) is 0 Å². The van der Waals surface area contributed by atoms with E-state index in [0.717, 1.165) is 18.4 Å². The van der Waals surface area contributed by atoms with E-state index in [9.17, 15) is 4.79 Å². The summed E-state index contributed by atoms with van der Waals surface area (Å²) < 4.78 is 0. The molecule has 0 bridgehead atoms. The largest absolute Gasteiger partial charge is 0.366 e. The van der Waals surface area contributed by atoms with Gasteiger partial charge in [0, 0.05) is 11.5 Å². The molecule has 0 radical (unpaired) electrons. The van der Waals surface area contributed by atoms with E-state index in [1.165, 1.54) is 11.1 Å². The smallest absolute Gasteiger partial charge is 0.248 e. The molecule has 1 amide bonds. The number of primary amides is 1. The van der Waals surface area contributed by atoms with Crippen molar-refractivity contribution < 1.29 is 4.79 Å². The van der Waals surface area contributed by atoms with Crippen molar-refractivity contribution in [3.63, 3.8) is 0 Å². The minimum absolute atomic E-state index is 0.310. The fourth-order valence-electron chi connectivity index (χ4n) is 2.91. The molecule has 0 fully saturated rings. The highest BCUT2D eigenvalue weighted by Crippen LogP contribution is 2.39. The molecule has 90 valence electrons. The third-order valence-electron chi connectivity index (χ3n) is 3.73. The minimum Gasteiger partial charge on any atom is -0.366 e. The average molecular weight is 237 g/mol. The van der Waals surface area contributed by atoms with Gasteiger partial charge in [-0.05, 0) is 35.6 Å². The van der Waals surface area contributed by atoms with Crippen molar-refractivity contribution in [3.05, 3.63) is 70.8 Å². The normalized spacial score (nSPS) is 17.4. The monoisotopic (exact) mass is 237 g/mol. The first-order chi connectivity index (χ1) is 8.77. The van der Waals surface area contributed by atoms with Crippen LogP contribution in [-0.2, 0) is 6.42 Å². The molecule has 0 aliphatic heterocycles. The van der Waals surface area contributed by atoms with Crippen molar-refractivity contribution in [2.75, 3.05) is 0 Å². The van der Waals surface area contributed by atoms with E-state index in [2.05, 4.69) is 24.3 Å². The van der Waals surface area contributed by atoms with E-state index in [4.69, 9.17) is 5.73 Å². The van der Waals surface area contributed by atoms with Gasteiger partial charge in [0.2, 0.25) is 5.91 Å². The molecule has 0 heterocycles. The lowest BCUT2D eigenvalue weighted by Crippen LogP contribution is -2.15. The summed E-state index contributed by atoms with van der Waals surface area (Å²) in [7, 11) is 0. The standard InChI is InChI=1S/C16H15NO/c17-16(18)15-8-4-3-7-13(15)14-10-9-11-5-1-2-6-12(11)14/h1-8,14H,9-10H2,(H2,17,18)/t14-/m1/s1. The van der Waals surface area contributed by atoms with Gasteiger partial charge in [-0.1, -0.05) is 42.5 Å². The summed E-state index contributed by atoms with van der Waals surface area (Å²) in [4.78, 5) is 11.5. The number of carbonyl (C=O) groups is 1. The van der Waals surface area contributed by atoms with Gasteiger partial charge in [-0.15, -0.1) is 0 Å². The summed E-state index contributed by atoms with van der Waals surface area (Å²) in [6.45, 7) is 0. The Morgan fingerprint density at radius 2 is 1.67 bits per heavy atom. The highest BCUT2D eigenvalue weighted by Gasteiger charge is 2.26. The van der Waals surface area contributed by atoms with Gasteiger partial charge in [0.15, 0.2) is 0 Å². The van der Waals surface area contributed by atoms with Crippen molar-refractivity contribution >= 4 is 5.91 Å². The molecule has 3 rings (SSSR count). The molecular weight excluding hydrogens is 222 g/mol. The maximum absolute atomic E-state index is 11.5. The van der Waals surface area contributed by atoms with Crippen molar-refractivity contribution in [1.29, 1.82) is 0 Å². The van der Waals surface area contributed by atoms with E-state index >= 15 is 0 Å². The van der Waals surface area contributed by atoms with Crippen LogP contribution in [0.15, 0.2) is 48.5 Å². The van der Waals surface area contributed by atoms with Crippen molar-refractivity contribution in [3.8, 4) is 0 Å². The number of benzene rings is 2. The molecular formula is C16H15NO. The van der Waals surface area contributed by atoms with Crippen LogP contribution in [0, 0.1) is 0 Å². The lowest BCUT2D eigenvalue weighted by atomic mass is 9.89. The molecule has 0 saturated heterocycles. The molecule has 2 heteroatoms. The zero-order chi connectivity index (χ0) is 12.5. The Kier molecular flexibility index (Phi) is 2.63. The molecule has 18 heavy (non-hydrogen) atoms. The Hall–Kier alpha value is -2.09. The summed E-state index contributed by atoms with van der Waals surface area (Å²) in [6, 6.07) is 16.1. The third-order valence-corrected chi connectivity index (χ3v) is 3.73. The number of rotatable bonds is 2. The van der Waals surface area contributed by atoms with Gasteiger partial charge in [-0.3, -0.25) is 4.79 Å². The van der Waals surface area contributed by atoms with Gasteiger partial charge < -0.3 is 5.73 Å². The van der Waals surface area contributed by atoms with Gasteiger partial charge in [0.05, 0.1) is 0 Å². The number of aryl methyl sites for hydroxylation is 1. The van der Waals surface area contributed by atoms with Gasteiger partial charge in [-0.2, -0.15) is 0 Å². The molecule has 2 N–H and O–H groups in total. The molecule has 0 aromatic heterocycles. The Bertz CT molecular complexity index is 604. The lowest BCUT2D eigenvalue weighted by molar-refractivity contribution is 0.0999. The predicted octanol–water partition coefficient (Wildman–Crippen LogP) is 2.86. The van der Waals surface area contributed by atoms with Gasteiger partial charge in [-0.25, -0.2) is 0 Å². The Morgan fingerprint density at radius 3 is 2.44 bits per heavy atom. The first-order valence-corrected chi connectivity index (χ1v) is 6.24. The number of fused-ring (bicyclic) bond motifs is 1. The molecule has 2 nitrogen and oxygen atoms in total. The zero-order valence-electron chi connectivity index (χ0n) is 10.1. The van der Waals surface area contributed by atoms with Crippen LogP contribution in [-0.4, -0.2) is 5.91 Å². The molecule has 1 aliphatic carbocycles. The number of carbonyl (C=O) groups excluding carboxylic acids is 1. The quantitative estimate of drug-likeness (QED) is 0.857. The van der Waals surface area contributed by atoms with Gasteiger partial charge >= 0.3 is 0 Å². The second-order valence-electron chi connectivity index (χ2n) is 4.74. The summed E-state index contributed by atoms with van der Waals surface area (Å²) in [5.74, 6) is -0.0279. The highest BCUT2D eigenvalue weighted by molar-refractivity contribution is 5.94. The van der Waals surface area contributed by atoms with E-state index in [1.807, 2.05) is 24.3 Å². The molecule has 2 aromatic rings. The van der Waals surface area contributed by atoms with Crippen LogP contribution >= 0.6 is 0 Å². The minimum atomic E-state index is -0.338. The molecule has 2 aromatic carbocycles. The molecule has 1 atom stereocenters. The third kappa shape index (κ3) is 1.70. The Balaban J connectivity index is 2.10. The number of nitrogens with two attached hydrogens (primary N) is 1. The van der Waals surface area contributed by atoms with E-state index in [-0.39, 0.29) is 5.91 Å². The summed E-state index contributed by atoms with van der Waals surface area (Å²) >= 11 is 0. The second kappa shape index (κ2) is 4.30. The Labute approximate surface area is 106 Å². The van der Waals surface area contributed by atoms with Gasteiger partial charge in [0.25, 0.3) is 0 Å². The van der Waals surface area contributed by atoms with Crippen molar-refractivity contribution in [2.24, 2.45) is 5.73 Å². The summed E-state index contributed by atoms with van der Waals surface area (Å²) in [5, 5.41) is 0. The van der Waals surface area contributed by atoms with E-state index in [1.54, 1.807) is 0 Å². The average Bonchev–Trinajstić information content (AvgIpc) is 2.82. The first kappa shape index (κ1) is 11.0. The van der Waals surface area contributed by atoms with E-state index < -0.39 is 0 Å². The maximum Gasteiger partial charge on any atom is 0.248 e. The number of hydrogen-bond acceptors (Lipinski definition) is 1. The SMILES string of the molecule is NC(=O)c1ccccc1[C@@H]1CCc2ccccc21. The number of amides is 1. The van der Waals surface area contributed by atoms with Crippen molar-refractivity contribution in [1.82, 2.24) is 0 Å². The summed E-state index contributed by atoms with van der Waals surface area (Å²) in [5.41, 5.74) is 9.91. The van der Waals surface area contributed by atoms with Crippen LogP contribution in [0.1, 0.15) is 39.4 Å². The molecule has 1 aliphatic rings. The van der Waals surface area contributed by atoms with Crippen LogP contribution in [0.4, 0.5) is 0 Å². The van der Waals surface area contributed by atoms with Crippen molar-refractivity contribution in [2.45, 2.75) is 18.8 Å². The number of hydrogen-bond donors (Lipinski definition) is 1. The van der Waals surface area contributed by atoms with E-state index in [0.29, 0.717) is 11.5 Å². The molecule has 0 spiro atoms. The fraction of sp³-hybridized carbons (Fsp3) is 0.188. The lowest BCUT2D eigenvalue weighted by Gasteiger charge is -2.15. The van der Waals surface area contributed by atoms with Gasteiger partial charge in [0.1, 0.15) is 0 Å².